The summed E-state index contributed by atoms with van der Waals surface area (Å²) in [5.74, 6) is 0.658. The van der Waals surface area contributed by atoms with Crippen LogP contribution in [0, 0.1) is 5.92 Å². The maximum Gasteiger partial charge on any atom is 0.235 e. The van der Waals surface area contributed by atoms with Gasteiger partial charge in [0.05, 0.1) is 18.1 Å². The molecule has 0 spiro atoms. The molecule has 1 amide bonds. The zero-order valence-corrected chi connectivity index (χ0v) is 16.8. The van der Waals surface area contributed by atoms with E-state index >= 15 is 0 Å². The predicted molar refractivity (Wildman–Crippen MR) is 112 cm³/mol. The van der Waals surface area contributed by atoms with E-state index in [0.29, 0.717) is 17.4 Å². The van der Waals surface area contributed by atoms with E-state index in [4.69, 9.17) is 17.1 Å². The molecule has 4 rings (SSSR count). The van der Waals surface area contributed by atoms with Gasteiger partial charge < -0.3 is 0 Å². The lowest BCUT2D eigenvalue weighted by molar-refractivity contribution is -0.166. The molecule has 0 aliphatic carbocycles. The van der Waals surface area contributed by atoms with Crippen molar-refractivity contribution in [1.82, 2.24) is 9.96 Å². The number of hydroxylamine groups is 2. The Hall–Kier alpha value is -1.73. The molecule has 0 bridgehead atoms. The second-order valence-electron chi connectivity index (χ2n) is 6.86. The lowest BCUT2D eigenvalue weighted by atomic mass is 9.88. The number of amides is 1. The predicted octanol–water partition coefficient (Wildman–Crippen LogP) is 4.04. The second-order valence-corrected chi connectivity index (χ2v) is 8.59. The maximum atomic E-state index is 13.4. The van der Waals surface area contributed by atoms with E-state index in [1.807, 2.05) is 48.4 Å². The number of thioether (sulfide) groups is 1. The van der Waals surface area contributed by atoms with E-state index < -0.39 is 0 Å². The Morgan fingerprint density at radius 3 is 2.44 bits per heavy atom. The van der Waals surface area contributed by atoms with Gasteiger partial charge in [0.2, 0.25) is 5.91 Å². The number of thiocarbonyl (C=S) groups is 1. The van der Waals surface area contributed by atoms with E-state index in [2.05, 4.69) is 24.3 Å². The van der Waals surface area contributed by atoms with Gasteiger partial charge in [0.25, 0.3) is 0 Å². The van der Waals surface area contributed by atoms with Crippen molar-refractivity contribution in [3.63, 3.8) is 0 Å². The molecule has 0 unspecified atom stereocenters. The Morgan fingerprint density at radius 2 is 1.81 bits per heavy atom. The highest BCUT2D eigenvalue weighted by molar-refractivity contribution is 8.23. The van der Waals surface area contributed by atoms with Gasteiger partial charge in [-0.15, -0.1) is 0 Å². The van der Waals surface area contributed by atoms with Crippen LogP contribution in [0.25, 0.3) is 0 Å². The summed E-state index contributed by atoms with van der Waals surface area (Å²) < 4.78 is 0.681. The Balaban J connectivity index is 1.66. The average Bonchev–Trinajstić information content (AvgIpc) is 3.25. The first-order valence-corrected chi connectivity index (χ1v) is 10.5. The third kappa shape index (κ3) is 3.80. The standard InChI is InChI=1S/C21H22N2O2S2/c1-15-18(20(24)22-12-13-27-21(22)26)19(17-10-6-3-7-11-17)23(25-15)14-16-8-4-2-5-9-16/h2-11,15,18-19H,12-14H2,1H3/t15-,18-,19-/m0/s1. The highest BCUT2D eigenvalue weighted by atomic mass is 32.2. The van der Waals surface area contributed by atoms with Gasteiger partial charge >= 0.3 is 0 Å². The smallest absolute Gasteiger partial charge is 0.235 e. The summed E-state index contributed by atoms with van der Waals surface area (Å²) >= 11 is 6.97. The third-order valence-corrected chi connectivity index (χ3v) is 6.52. The highest BCUT2D eigenvalue weighted by Gasteiger charge is 2.48. The van der Waals surface area contributed by atoms with Crippen LogP contribution in [0.4, 0.5) is 0 Å². The quantitative estimate of drug-likeness (QED) is 0.726. The summed E-state index contributed by atoms with van der Waals surface area (Å²) in [6.07, 6.45) is -0.209. The van der Waals surface area contributed by atoms with Crippen LogP contribution >= 0.6 is 24.0 Å². The van der Waals surface area contributed by atoms with Crippen LogP contribution < -0.4 is 0 Å². The molecule has 2 aromatic carbocycles. The van der Waals surface area contributed by atoms with Gasteiger partial charge in [-0.1, -0.05) is 84.6 Å². The molecule has 2 saturated heterocycles. The average molecular weight is 399 g/mol. The summed E-state index contributed by atoms with van der Waals surface area (Å²) in [7, 11) is 0. The molecule has 0 aromatic heterocycles. The minimum absolute atomic E-state index is 0.0712. The van der Waals surface area contributed by atoms with Crippen LogP contribution in [0.2, 0.25) is 0 Å². The fraction of sp³-hybridized carbons (Fsp3) is 0.333. The Labute approximate surface area is 169 Å². The summed E-state index contributed by atoms with van der Waals surface area (Å²) in [6, 6.07) is 20.2. The molecule has 0 radical (unpaired) electrons. The van der Waals surface area contributed by atoms with Gasteiger partial charge in [0.15, 0.2) is 0 Å². The van der Waals surface area contributed by atoms with Gasteiger partial charge in [-0.05, 0) is 18.1 Å². The molecule has 2 aromatic rings. The van der Waals surface area contributed by atoms with Crippen molar-refractivity contribution in [2.24, 2.45) is 5.92 Å². The molecular formula is C21H22N2O2S2. The van der Waals surface area contributed by atoms with Crippen molar-refractivity contribution in [3.05, 3.63) is 71.8 Å². The van der Waals surface area contributed by atoms with Gasteiger partial charge in [-0.3, -0.25) is 14.5 Å². The lowest BCUT2D eigenvalue weighted by Crippen LogP contribution is -2.41. The molecule has 2 aliphatic rings. The number of nitrogens with zero attached hydrogens (tertiary/aromatic N) is 2. The molecule has 6 heteroatoms. The third-order valence-electron chi connectivity index (χ3n) is 5.09. The molecule has 4 nitrogen and oxygen atoms in total. The number of carbonyl (C=O) groups excluding carboxylic acids is 1. The van der Waals surface area contributed by atoms with E-state index in [1.165, 1.54) is 0 Å². The number of benzene rings is 2. The first kappa shape index (κ1) is 18.6. The number of carbonyl (C=O) groups is 1. The van der Waals surface area contributed by atoms with Crippen LogP contribution in [-0.4, -0.2) is 38.6 Å². The maximum absolute atomic E-state index is 13.4. The first-order chi connectivity index (χ1) is 13.1. The fourth-order valence-corrected chi connectivity index (χ4v) is 5.03. The van der Waals surface area contributed by atoms with Crippen molar-refractivity contribution in [2.45, 2.75) is 25.6 Å². The zero-order chi connectivity index (χ0) is 18.8. The van der Waals surface area contributed by atoms with Crippen LogP contribution in [0.5, 0.6) is 0 Å². The van der Waals surface area contributed by atoms with Gasteiger partial charge in [0, 0.05) is 18.8 Å². The number of hydrogen-bond donors (Lipinski definition) is 0. The molecule has 0 saturated carbocycles. The van der Waals surface area contributed by atoms with E-state index in [-0.39, 0.29) is 24.0 Å². The van der Waals surface area contributed by atoms with E-state index in [0.717, 1.165) is 16.9 Å². The van der Waals surface area contributed by atoms with Crippen molar-refractivity contribution in [3.8, 4) is 0 Å². The fourth-order valence-electron chi connectivity index (χ4n) is 3.81. The normalized spacial score (nSPS) is 25.9. The molecule has 3 atom stereocenters. The van der Waals surface area contributed by atoms with Crippen molar-refractivity contribution in [2.75, 3.05) is 12.3 Å². The van der Waals surface area contributed by atoms with Gasteiger partial charge in [-0.25, -0.2) is 0 Å². The summed E-state index contributed by atoms with van der Waals surface area (Å²) in [4.78, 5) is 21.3. The van der Waals surface area contributed by atoms with E-state index in [9.17, 15) is 4.79 Å². The Bertz CT molecular complexity index is 815. The second kappa shape index (κ2) is 8.10. The molecule has 2 heterocycles. The van der Waals surface area contributed by atoms with Crippen molar-refractivity contribution < 1.29 is 9.63 Å². The largest absolute Gasteiger partial charge is 0.297 e. The molecular weight excluding hydrogens is 376 g/mol. The zero-order valence-electron chi connectivity index (χ0n) is 15.2. The topological polar surface area (TPSA) is 32.8 Å². The molecule has 2 fully saturated rings. The molecule has 140 valence electrons. The van der Waals surface area contributed by atoms with Crippen molar-refractivity contribution in [1.29, 1.82) is 0 Å². The first-order valence-electron chi connectivity index (χ1n) is 9.15. The van der Waals surface area contributed by atoms with Crippen LogP contribution in [0.1, 0.15) is 24.1 Å². The van der Waals surface area contributed by atoms with Crippen LogP contribution in [0.15, 0.2) is 60.7 Å². The Kier molecular flexibility index (Phi) is 5.59. The van der Waals surface area contributed by atoms with Crippen molar-refractivity contribution >= 4 is 34.2 Å². The van der Waals surface area contributed by atoms with Gasteiger partial charge in [0.1, 0.15) is 4.32 Å². The summed E-state index contributed by atoms with van der Waals surface area (Å²) in [5.41, 5.74) is 2.25. The van der Waals surface area contributed by atoms with E-state index in [1.54, 1.807) is 16.7 Å². The highest BCUT2D eigenvalue weighted by Crippen LogP contribution is 2.42. The number of rotatable bonds is 4. The summed E-state index contributed by atoms with van der Waals surface area (Å²) in [5, 5.41) is 1.96. The van der Waals surface area contributed by atoms with Gasteiger partial charge in [-0.2, -0.15) is 5.06 Å². The monoisotopic (exact) mass is 398 g/mol. The Morgan fingerprint density at radius 1 is 1.15 bits per heavy atom. The van der Waals surface area contributed by atoms with Crippen LogP contribution in [-0.2, 0) is 16.2 Å². The number of hydrogen-bond acceptors (Lipinski definition) is 5. The minimum atomic E-state index is -0.284. The molecule has 2 aliphatic heterocycles. The minimum Gasteiger partial charge on any atom is -0.297 e. The van der Waals surface area contributed by atoms with Crippen LogP contribution in [0.3, 0.4) is 0 Å². The molecule has 0 N–H and O–H groups in total. The lowest BCUT2D eigenvalue weighted by Gasteiger charge is -2.28. The SMILES string of the molecule is C[C@@H]1ON(Cc2ccccc2)[C@@H](c2ccccc2)[C@H]1C(=O)N1CCSC1=S. The summed E-state index contributed by atoms with van der Waals surface area (Å²) in [6.45, 7) is 3.30. The molecule has 27 heavy (non-hydrogen) atoms.